The lowest BCUT2D eigenvalue weighted by atomic mass is 10.1. The molecule has 0 spiro atoms. The third kappa shape index (κ3) is 2.41. The summed E-state index contributed by atoms with van der Waals surface area (Å²) in [6.07, 6.45) is 8.10. The minimum atomic E-state index is 0.246. The molecule has 0 fully saturated rings. The fourth-order valence-corrected chi connectivity index (χ4v) is 2.37. The van der Waals surface area contributed by atoms with Crippen molar-refractivity contribution in [3.63, 3.8) is 0 Å². The van der Waals surface area contributed by atoms with Crippen molar-refractivity contribution in [1.29, 1.82) is 0 Å². The number of allylic oxidation sites excluding steroid dienone is 1. The van der Waals surface area contributed by atoms with Gasteiger partial charge in [0.2, 0.25) is 0 Å². The van der Waals surface area contributed by atoms with Crippen molar-refractivity contribution in [1.82, 2.24) is 14.8 Å². The molecule has 0 aliphatic carbocycles. The molecule has 1 unspecified atom stereocenters. The fourth-order valence-electron chi connectivity index (χ4n) is 2.37. The maximum atomic E-state index is 5.54. The van der Waals surface area contributed by atoms with Crippen molar-refractivity contribution in [2.24, 2.45) is 7.05 Å². The Bertz CT molecular complexity index is 617. The standard InChI is InChI=1S/C14H18N4O/c1-10-13-7-11(8-16-14(13)18(2)17-10)15-9-12-5-3-4-6-19-12/h4,6-8,12,15H,3,5,9H2,1-2H3. The number of fused-ring (bicyclic) bond motifs is 1. The van der Waals surface area contributed by atoms with Gasteiger partial charge in [-0.1, -0.05) is 0 Å². The lowest BCUT2D eigenvalue weighted by Gasteiger charge is -2.20. The largest absolute Gasteiger partial charge is 0.497 e. The van der Waals surface area contributed by atoms with Gasteiger partial charge < -0.3 is 10.1 Å². The van der Waals surface area contributed by atoms with Gasteiger partial charge in [0.25, 0.3) is 0 Å². The van der Waals surface area contributed by atoms with Crippen LogP contribution in [0.5, 0.6) is 0 Å². The third-order valence-electron chi connectivity index (χ3n) is 3.42. The molecule has 0 bridgehead atoms. The van der Waals surface area contributed by atoms with Gasteiger partial charge in [0, 0.05) is 12.4 Å². The predicted molar refractivity (Wildman–Crippen MR) is 75.0 cm³/mol. The lowest BCUT2D eigenvalue weighted by Crippen LogP contribution is -2.23. The second-order valence-electron chi connectivity index (χ2n) is 4.89. The van der Waals surface area contributed by atoms with Crippen molar-refractivity contribution in [2.45, 2.75) is 25.9 Å². The number of ether oxygens (including phenoxy) is 1. The zero-order valence-electron chi connectivity index (χ0n) is 11.3. The minimum Gasteiger partial charge on any atom is -0.497 e. The molecule has 3 rings (SSSR count). The summed E-state index contributed by atoms with van der Waals surface area (Å²) in [6.45, 7) is 2.81. The second-order valence-corrected chi connectivity index (χ2v) is 4.89. The molecule has 0 saturated carbocycles. The SMILES string of the molecule is Cc1nn(C)c2ncc(NCC3CCC=CO3)cc12. The number of hydrogen-bond acceptors (Lipinski definition) is 4. The van der Waals surface area contributed by atoms with Gasteiger partial charge in [-0.05, 0) is 31.9 Å². The quantitative estimate of drug-likeness (QED) is 0.918. The Hall–Kier alpha value is -2.04. The van der Waals surface area contributed by atoms with Gasteiger partial charge in [-0.3, -0.25) is 4.68 Å². The van der Waals surface area contributed by atoms with Crippen LogP contribution in [-0.2, 0) is 11.8 Å². The molecule has 2 aromatic heterocycles. The van der Waals surface area contributed by atoms with E-state index in [2.05, 4.69) is 27.5 Å². The number of aromatic nitrogens is 3. The minimum absolute atomic E-state index is 0.246. The summed E-state index contributed by atoms with van der Waals surface area (Å²) in [5.41, 5.74) is 2.94. The van der Waals surface area contributed by atoms with Crippen LogP contribution in [0.25, 0.3) is 11.0 Å². The number of pyridine rings is 1. The van der Waals surface area contributed by atoms with Gasteiger partial charge in [0.1, 0.15) is 6.10 Å². The molecule has 0 amide bonds. The lowest BCUT2D eigenvalue weighted by molar-refractivity contribution is 0.135. The number of aryl methyl sites for hydroxylation is 2. The molecular weight excluding hydrogens is 240 g/mol. The van der Waals surface area contributed by atoms with E-state index in [9.17, 15) is 0 Å². The summed E-state index contributed by atoms with van der Waals surface area (Å²) in [7, 11) is 1.91. The van der Waals surface area contributed by atoms with E-state index in [1.54, 1.807) is 6.26 Å². The highest BCUT2D eigenvalue weighted by Gasteiger charge is 2.11. The first-order valence-corrected chi connectivity index (χ1v) is 6.58. The van der Waals surface area contributed by atoms with Gasteiger partial charge in [-0.15, -0.1) is 0 Å². The van der Waals surface area contributed by atoms with Crippen molar-refractivity contribution >= 4 is 16.7 Å². The summed E-state index contributed by atoms with van der Waals surface area (Å²) in [5, 5.41) is 8.85. The number of anilines is 1. The average Bonchev–Trinajstić information content (AvgIpc) is 2.73. The van der Waals surface area contributed by atoms with Crippen LogP contribution >= 0.6 is 0 Å². The monoisotopic (exact) mass is 258 g/mol. The van der Waals surface area contributed by atoms with E-state index in [1.807, 2.05) is 24.9 Å². The Kier molecular flexibility index (Phi) is 3.11. The predicted octanol–water partition coefficient (Wildman–Crippen LogP) is 2.38. The van der Waals surface area contributed by atoms with Crippen LogP contribution in [0.2, 0.25) is 0 Å². The van der Waals surface area contributed by atoms with Crippen LogP contribution in [0.4, 0.5) is 5.69 Å². The van der Waals surface area contributed by atoms with E-state index in [0.717, 1.165) is 41.8 Å². The molecule has 3 heterocycles. The molecule has 5 heteroatoms. The van der Waals surface area contributed by atoms with Gasteiger partial charge in [0.15, 0.2) is 5.65 Å². The van der Waals surface area contributed by atoms with Crippen molar-refractivity contribution in [2.75, 3.05) is 11.9 Å². The Morgan fingerprint density at radius 3 is 3.21 bits per heavy atom. The van der Waals surface area contributed by atoms with E-state index in [4.69, 9.17) is 4.74 Å². The smallest absolute Gasteiger partial charge is 0.157 e. The van der Waals surface area contributed by atoms with Gasteiger partial charge in [-0.2, -0.15) is 5.10 Å². The summed E-state index contributed by atoms with van der Waals surface area (Å²) in [5.74, 6) is 0. The van der Waals surface area contributed by atoms with Crippen molar-refractivity contribution < 1.29 is 4.74 Å². The fraction of sp³-hybridized carbons (Fsp3) is 0.429. The normalized spacial score (nSPS) is 18.5. The molecular formula is C14H18N4O. The molecule has 1 aliphatic heterocycles. The Labute approximate surface area is 112 Å². The van der Waals surface area contributed by atoms with E-state index < -0.39 is 0 Å². The molecule has 100 valence electrons. The summed E-state index contributed by atoms with van der Waals surface area (Å²) in [4.78, 5) is 4.45. The number of nitrogens with one attached hydrogen (secondary N) is 1. The molecule has 1 aliphatic rings. The van der Waals surface area contributed by atoms with Gasteiger partial charge in [-0.25, -0.2) is 4.98 Å². The van der Waals surface area contributed by atoms with E-state index >= 15 is 0 Å². The Morgan fingerprint density at radius 1 is 1.53 bits per heavy atom. The summed E-state index contributed by atoms with van der Waals surface area (Å²) < 4.78 is 7.34. The van der Waals surface area contributed by atoms with Gasteiger partial charge >= 0.3 is 0 Å². The highest BCUT2D eigenvalue weighted by Crippen LogP contribution is 2.19. The molecule has 19 heavy (non-hydrogen) atoms. The second kappa shape index (κ2) is 4.91. The van der Waals surface area contributed by atoms with E-state index in [0.29, 0.717) is 0 Å². The number of rotatable bonds is 3. The zero-order valence-corrected chi connectivity index (χ0v) is 11.3. The van der Waals surface area contributed by atoms with Crippen LogP contribution in [0, 0.1) is 6.92 Å². The molecule has 1 atom stereocenters. The maximum Gasteiger partial charge on any atom is 0.157 e. The molecule has 0 aromatic carbocycles. The maximum absolute atomic E-state index is 5.54. The summed E-state index contributed by atoms with van der Waals surface area (Å²) >= 11 is 0. The Balaban J connectivity index is 1.74. The topological polar surface area (TPSA) is 52.0 Å². The first-order chi connectivity index (χ1) is 9.24. The number of nitrogens with zero attached hydrogens (tertiary/aromatic N) is 3. The Morgan fingerprint density at radius 2 is 2.42 bits per heavy atom. The van der Waals surface area contributed by atoms with E-state index in [-0.39, 0.29) is 6.10 Å². The first-order valence-electron chi connectivity index (χ1n) is 6.58. The van der Waals surface area contributed by atoms with Crippen LogP contribution in [0.15, 0.2) is 24.6 Å². The molecule has 1 N–H and O–H groups in total. The highest BCUT2D eigenvalue weighted by molar-refractivity contribution is 5.81. The van der Waals surface area contributed by atoms with Crippen LogP contribution < -0.4 is 5.32 Å². The van der Waals surface area contributed by atoms with Crippen LogP contribution in [0.1, 0.15) is 18.5 Å². The molecule has 0 saturated heterocycles. The molecule has 0 radical (unpaired) electrons. The first kappa shape index (κ1) is 12.0. The van der Waals surface area contributed by atoms with Crippen LogP contribution in [0.3, 0.4) is 0 Å². The van der Waals surface area contributed by atoms with Crippen LogP contribution in [-0.4, -0.2) is 27.4 Å². The number of hydrogen-bond donors (Lipinski definition) is 1. The van der Waals surface area contributed by atoms with Crippen molar-refractivity contribution in [3.8, 4) is 0 Å². The summed E-state index contributed by atoms with van der Waals surface area (Å²) in [6, 6.07) is 2.10. The average molecular weight is 258 g/mol. The highest BCUT2D eigenvalue weighted by atomic mass is 16.5. The molecule has 2 aromatic rings. The van der Waals surface area contributed by atoms with Crippen molar-refractivity contribution in [3.05, 3.63) is 30.3 Å². The van der Waals surface area contributed by atoms with E-state index in [1.165, 1.54) is 0 Å². The van der Waals surface area contributed by atoms with Gasteiger partial charge in [0.05, 0.1) is 30.4 Å². The molecule has 5 nitrogen and oxygen atoms in total. The zero-order chi connectivity index (χ0) is 13.2. The third-order valence-corrected chi connectivity index (χ3v) is 3.42.